The lowest BCUT2D eigenvalue weighted by Crippen LogP contribution is -2.31. The predicted octanol–water partition coefficient (Wildman–Crippen LogP) is 1.36. The number of H-pyrrole nitrogens is 1. The molecule has 5 heteroatoms. The number of benzene rings is 1. The van der Waals surface area contributed by atoms with Crippen LogP contribution in [-0.2, 0) is 12.8 Å². The van der Waals surface area contributed by atoms with Gasteiger partial charge in [0.1, 0.15) is 0 Å². The Morgan fingerprint density at radius 1 is 1.16 bits per heavy atom. The second-order valence-corrected chi connectivity index (χ2v) is 4.23. The summed E-state index contributed by atoms with van der Waals surface area (Å²) in [7, 11) is 0. The van der Waals surface area contributed by atoms with Crippen LogP contribution in [0.25, 0.3) is 5.69 Å². The molecule has 0 amide bonds. The Labute approximate surface area is 110 Å². The topological polar surface area (TPSA) is 75.1 Å². The van der Waals surface area contributed by atoms with Crippen molar-refractivity contribution >= 4 is 0 Å². The van der Waals surface area contributed by atoms with E-state index in [1.165, 1.54) is 0 Å². The van der Waals surface area contributed by atoms with Crippen LogP contribution >= 0.6 is 0 Å². The molecule has 0 bridgehead atoms. The third kappa shape index (κ3) is 2.19. The zero-order valence-electron chi connectivity index (χ0n) is 10.9. The number of nitrogens with zero attached hydrogens (tertiary/aromatic N) is 1. The van der Waals surface area contributed by atoms with Gasteiger partial charge in [0.2, 0.25) is 5.88 Å². The summed E-state index contributed by atoms with van der Waals surface area (Å²) in [6.45, 7) is 3.72. The monoisotopic (exact) mass is 260 g/mol. The average Bonchev–Trinajstić information content (AvgIpc) is 2.39. The van der Waals surface area contributed by atoms with Crippen LogP contribution in [-0.4, -0.2) is 14.7 Å². The van der Waals surface area contributed by atoms with Gasteiger partial charge in [0, 0.05) is 0 Å². The molecule has 0 unspecified atom stereocenters. The van der Waals surface area contributed by atoms with Gasteiger partial charge in [0.05, 0.1) is 11.3 Å². The summed E-state index contributed by atoms with van der Waals surface area (Å²) in [6, 6.07) is 7.30. The van der Waals surface area contributed by atoms with E-state index in [9.17, 15) is 14.7 Å². The van der Waals surface area contributed by atoms with Crippen molar-refractivity contribution in [2.45, 2.75) is 26.7 Å². The zero-order chi connectivity index (χ0) is 14.0. The van der Waals surface area contributed by atoms with E-state index >= 15 is 0 Å². The molecule has 0 aliphatic rings. The van der Waals surface area contributed by atoms with Crippen molar-refractivity contribution in [3.63, 3.8) is 0 Å². The van der Waals surface area contributed by atoms with Crippen molar-refractivity contribution in [2.24, 2.45) is 0 Å². The van der Waals surface area contributed by atoms with E-state index < -0.39 is 11.2 Å². The molecule has 100 valence electrons. The Bertz CT molecular complexity index is 713. The lowest BCUT2D eigenvalue weighted by atomic mass is 10.1. The van der Waals surface area contributed by atoms with Gasteiger partial charge >= 0.3 is 5.69 Å². The van der Waals surface area contributed by atoms with Gasteiger partial charge < -0.3 is 5.11 Å². The zero-order valence-corrected chi connectivity index (χ0v) is 10.9. The molecular weight excluding hydrogens is 244 g/mol. The van der Waals surface area contributed by atoms with Gasteiger partial charge in [0.25, 0.3) is 5.56 Å². The SMILES string of the molecule is CCc1ccccc1-n1c(O)c(CC)c(=O)[nH]c1=O. The molecule has 0 atom stereocenters. The minimum Gasteiger partial charge on any atom is -0.494 e. The molecule has 0 radical (unpaired) electrons. The summed E-state index contributed by atoms with van der Waals surface area (Å²) >= 11 is 0. The molecule has 0 saturated heterocycles. The van der Waals surface area contributed by atoms with E-state index in [0.717, 1.165) is 16.6 Å². The maximum Gasteiger partial charge on any atom is 0.335 e. The van der Waals surface area contributed by atoms with Crippen molar-refractivity contribution in [3.8, 4) is 11.6 Å². The number of nitrogens with one attached hydrogen (secondary N) is 1. The molecule has 2 rings (SSSR count). The first kappa shape index (κ1) is 13.1. The van der Waals surface area contributed by atoms with Gasteiger partial charge in [-0.1, -0.05) is 32.0 Å². The number of hydrogen-bond donors (Lipinski definition) is 2. The van der Waals surface area contributed by atoms with Crippen molar-refractivity contribution in [1.29, 1.82) is 0 Å². The molecule has 0 aliphatic carbocycles. The summed E-state index contributed by atoms with van der Waals surface area (Å²) in [4.78, 5) is 25.8. The van der Waals surface area contributed by atoms with Gasteiger partial charge in [-0.15, -0.1) is 0 Å². The standard InChI is InChI=1S/C14H16N2O3/c1-3-9-7-5-6-8-11(9)16-13(18)10(4-2)12(17)15-14(16)19/h5-8,18H,3-4H2,1-2H3,(H,15,17,19). The Hall–Kier alpha value is -2.30. The molecule has 19 heavy (non-hydrogen) atoms. The predicted molar refractivity (Wildman–Crippen MR) is 73.1 cm³/mol. The third-order valence-electron chi connectivity index (χ3n) is 3.15. The average molecular weight is 260 g/mol. The van der Waals surface area contributed by atoms with Gasteiger partial charge in [-0.2, -0.15) is 0 Å². The smallest absolute Gasteiger partial charge is 0.335 e. The van der Waals surface area contributed by atoms with Crippen LogP contribution in [0.2, 0.25) is 0 Å². The molecule has 5 nitrogen and oxygen atoms in total. The second-order valence-electron chi connectivity index (χ2n) is 4.23. The molecule has 0 fully saturated rings. The van der Waals surface area contributed by atoms with E-state index in [2.05, 4.69) is 4.98 Å². The van der Waals surface area contributed by atoms with E-state index in [4.69, 9.17) is 0 Å². The Kier molecular flexibility index (Phi) is 3.55. The van der Waals surface area contributed by atoms with Gasteiger partial charge in [0.15, 0.2) is 0 Å². The fourth-order valence-electron chi connectivity index (χ4n) is 2.13. The van der Waals surface area contributed by atoms with E-state index in [0.29, 0.717) is 12.1 Å². The highest BCUT2D eigenvalue weighted by atomic mass is 16.3. The van der Waals surface area contributed by atoms with E-state index in [-0.39, 0.29) is 11.4 Å². The molecule has 2 aromatic rings. The first-order chi connectivity index (χ1) is 9.10. The Morgan fingerprint density at radius 2 is 1.84 bits per heavy atom. The minimum atomic E-state index is -0.624. The minimum absolute atomic E-state index is 0.213. The van der Waals surface area contributed by atoms with Crippen molar-refractivity contribution in [2.75, 3.05) is 0 Å². The van der Waals surface area contributed by atoms with Crippen LogP contribution in [0, 0.1) is 0 Å². The largest absolute Gasteiger partial charge is 0.494 e. The summed E-state index contributed by atoms with van der Waals surface area (Å²) in [5.41, 5.74) is 0.578. The quantitative estimate of drug-likeness (QED) is 0.874. The fraction of sp³-hybridized carbons (Fsp3) is 0.286. The third-order valence-corrected chi connectivity index (χ3v) is 3.15. The van der Waals surface area contributed by atoms with E-state index in [1.807, 2.05) is 19.1 Å². The lowest BCUT2D eigenvalue weighted by molar-refractivity contribution is 0.423. The van der Waals surface area contributed by atoms with Crippen LogP contribution in [0.15, 0.2) is 33.9 Å². The summed E-state index contributed by atoms with van der Waals surface area (Å²) in [5.74, 6) is -0.280. The van der Waals surface area contributed by atoms with Crippen LogP contribution in [0.5, 0.6) is 5.88 Å². The first-order valence-corrected chi connectivity index (χ1v) is 6.25. The van der Waals surface area contributed by atoms with Crippen LogP contribution < -0.4 is 11.2 Å². The molecule has 2 N–H and O–H groups in total. The number of aryl methyl sites for hydroxylation is 1. The maximum absolute atomic E-state index is 11.9. The fourth-order valence-corrected chi connectivity index (χ4v) is 2.13. The number of hydrogen-bond acceptors (Lipinski definition) is 3. The highest BCUT2D eigenvalue weighted by molar-refractivity contribution is 5.44. The van der Waals surface area contributed by atoms with Crippen molar-refractivity contribution in [1.82, 2.24) is 9.55 Å². The molecule has 1 aromatic heterocycles. The van der Waals surface area contributed by atoms with Gasteiger partial charge in [-0.25, -0.2) is 9.36 Å². The van der Waals surface area contributed by atoms with Crippen molar-refractivity contribution < 1.29 is 5.11 Å². The molecule has 1 aromatic carbocycles. The number of aromatic nitrogens is 2. The lowest BCUT2D eigenvalue weighted by Gasteiger charge is -2.13. The molecule has 0 spiro atoms. The van der Waals surface area contributed by atoms with Gasteiger partial charge in [-0.3, -0.25) is 9.78 Å². The highest BCUT2D eigenvalue weighted by Crippen LogP contribution is 2.20. The second kappa shape index (κ2) is 5.14. The molecule has 1 heterocycles. The van der Waals surface area contributed by atoms with E-state index in [1.54, 1.807) is 19.1 Å². The molecular formula is C14H16N2O3. The Balaban J connectivity index is 2.83. The maximum atomic E-state index is 11.9. The number of aromatic hydroxyl groups is 1. The normalized spacial score (nSPS) is 10.6. The number of rotatable bonds is 3. The summed E-state index contributed by atoms with van der Waals surface area (Å²) in [5, 5.41) is 10.2. The molecule has 0 aliphatic heterocycles. The number of para-hydroxylation sites is 1. The van der Waals surface area contributed by atoms with Gasteiger partial charge in [-0.05, 0) is 24.5 Å². The van der Waals surface area contributed by atoms with Crippen LogP contribution in [0.3, 0.4) is 0 Å². The molecule has 0 saturated carbocycles. The highest BCUT2D eigenvalue weighted by Gasteiger charge is 2.15. The first-order valence-electron chi connectivity index (χ1n) is 6.25. The van der Waals surface area contributed by atoms with Crippen molar-refractivity contribution in [3.05, 3.63) is 56.2 Å². The van der Waals surface area contributed by atoms with Crippen LogP contribution in [0.1, 0.15) is 25.0 Å². The summed E-state index contributed by atoms with van der Waals surface area (Å²) in [6.07, 6.45) is 1.08. The van der Waals surface area contributed by atoms with Crippen LogP contribution in [0.4, 0.5) is 0 Å². The summed E-state index contributed by atoms with van der Waals surface area (Å²) < 4.78 is 1.15. The Morgan fingerprint density at radius 3 is 2.47 bits per heavy atom. The number of aromatic amines is 1.